The maximum absolute atomic E-state index is 11.9. The van der Waals surface area contributed by atoms with Crippen molar-refractivity contribution in [1.29, 1.82) is 0 Å². The van der Waals surface area contributed by atoms with Gasteiger partial charge in [-0.15, -0.1) is 0 Å². The monoisotopic (exact) mass is 302 g/mol. The quantitative estimate of drug-likeness (QED) is 0.760. The van der Waals surface area contributed by atoms with E-state index < -0.39 is 11.4 Å². The van der Waals surface area contributed by atoms with E-state index in [0.29, 0.717) is 17.8 Å². The third-order valence-electron chi connectivity index (χ3n) is 7.04. The van der Waals surface area contributed by atoms with Gasteiger partial charge in [-0.2, -0.15) is 0 Å². The summed E-state index contributed by atoms with van der Waals surface area (Å²) in [6.07, 6.45) is 11.2. The lowest BCUT2D eigenvalue weighted by molar-refractivity contribution is -0.164. The maximum Gasteiger partial charge on any atom is 0.309 e. The number of hydrogen-bond acceptors (Lipinski definition) is 1. The molecule has 0 radical (unpaired) electrons. The molecule has 2 nitrogen and oxygen atoms in total. The molecule has 0 bridgehead atoms. The van der Waals surface area contributed by atoms with Crippen molar-refractivity contribution in [1.82, 2.24) is 0 Å². The lowest BCUT2D eigenvalue weighted by Crippen LogP contribution is -2.53. The van der Waals surface area contributed by atoms with Crippen LogP contribution in [0.2, 0.25) is 0 Å². The molecule has 2 fully saturated rings. The van der Waals surface area contributed by atoms with Crippen molar-refractivity contribution in [3.63, 3.8) is 0 Å². The summed E-state index contributed by atoms with van der Waals surface area (Å²) in [5.41, 5.74) is 2.71. The Balaban J connectivity index is 1.95. The molecule has 0 spiro atoms. The Hall–Kier alpha value is -1.05. The first-order chi connectivity index (χ1) is 10.3. The average Bonchev–Trinajstić information content (AvgIpc) is 2.46. The molecule has 3 rings (SSSR count). The maximum atomic E-state index is 11.9. The lowest BCUT2D eigenvalue weighted by Gasteiger charge is -2.57. The van der Waals surface area contributed by atoms with Gasteiger partial charge in [-0.3, -0.25) is 4.79 Å². The summed E-state index contributed by atoms with van der Waals surface area (Å²) in [6.45, 7) is 8.91. The van der Waals surface area contributed by atoms with Crippen LogP contribution in [0.4, 0.5) is 0 Å². The summed E-state index contributed by atoms with van der Waals surface area (Å²) in [5, 5.41) is 9.84. The van der Waals surface area contributed by atoms with Crippen LogP contribution in [0.25, 0.3) is 0 Å². The number of allylic oxidation sites excluding steroid dienone is 4. The van der Waals surface area contributed by atoms with Crippen molar-refractivity contribution in [2.24, 2.45) is 28.6 Å². The molecule has 122 valence electrons. The van der Waals surface area contributed by atoms with Crippen molar-refractivity contribution in [2.75, 3.05) is 0 Å². The number of carboxylic acid groups (broad SMARTS) is 1. The van der Waals surface area contributed by atoms with Crippen LogP contribution in [0, 0.1) is 28.6 Å². The van der Waals surface area contributed by atoms with Crippen molar-refractivity contribution in [2.45, 2.75) is 66.2 Å². The minimum Gasteiger partial charge on any atom is -0.481 e. The first-order valence-corrected chi connectivity index (χ1v) is 8.93. The zero-order chi connectivity index (χ0) is 16.1. The minimum atomic E-state index is -0.579. The van der Waals surface area contributed by atoms with Crippen molar-refractivity contribution in [3.8, 4) is 0 Å². The zero-order valence-electron chi connectivity index (χ0n) is 14.5. The highest BCUT2D eigenvalue weighted by Gasteiger charge is 2.57. The van der Waals surface area contributed by atoms with Crippen molar-refractivity contribution < 1.29 is 9.90 Å². The minimum absolute atomic E-state index is 0.161. The summed E-state index contributed by atoms with van der Waals surface area (Å²) in [6, 6.07) is 0. The normalized spacial score (nSPS) is 41.3. The summed E-state index contributed by atoms with van der Waals surface area (Å²) in [5.74, 6) is 0.898. The molecule has 4 unspecified atom stereocenters. The topological polar surface area (TPSA) is 37.3 Å². The molecule has 4 atom stereocenters. The van der Waals surface area contributed by atoms with E-state index in [9.17, 15) is 9.90 Å². The van der Waals surface area contributed by atoms with E-state index in [-0.39, 0.29) is 5.41 Å². The summed E-state index contributed by atoms with van der Waals surface area (Å²) in [4.78, 5) is 11.9. The molecule has 0 aromatic rings. The van der Waals surface area contributed by atoms with Gasteiger partial charge >= 0.3 is 5.97 Å². The first-order valence-electron chi connectivity index (χ1n) is 8.93. The fraction of sp³-hybridized carbons (Fsp3) is 0.750. The fourth-order valence-corrected chi connectivity index (χ4v) is 5.67. The Morgan fingerprint density at radius 1 is 1.32 bits per heavy atom. The second-order valence-corrected chi connectivity index (χ2v) is 8.54. The van der Waals surface area contributed by atoms with E-state index in [1.165, 1.54) is 12.0 Å². The highest BCUT2D eigenvalue weighted by molar-refractivity contribution is 5.75. The Kier molecular flexibility index (Phi) is 3.78. The number of rotatable bonds is 2. The van der Waals surface area contributed by atoms with Crippen LogP contribution in [0.15, 0.2) is 23.3 Å². The van der Waals surface area contributed by atoms with Gasteiger partial charge in [0.2, 0.25) is 0 Å². The van der Waals surface area contributed by atoms with Crippen molar-refractivity contribution in [3.05, 3.63) is 23.3 Å². The van der Waals surface area contributed by atoms with Gasteiger partial charge in [0.25, 0.3) is 0 Å². The number of aliphatic carboxylic acids is 1. The molecule has 2 heteroatoms. The molecule has 0 amide bonds. The Morgan fingerprint density at radius 3 is 2.68 bits per heavy atom. The van der Waals surface area contributed by atoms with Gasteiger partial charge in [-0.25, -0.2) is 0 Å². The van der Waals surface area contributed by atoms with Gasteiger partial charge < -0.3 is 5.11 Å². The van der Waals surface area contributed by atoms with E-state index in [0.717, 1.165) is 32.1 Å². The molecule has 0 saturated heterocycles. The molecule has 0 aromatic carbocycles. The molecule has 0 heterocycles. The van der Waals surface area contributed by atoms with Gasteiger partial charge in [0.05, 0.1) is 5.41 Å². The van der Waals surface area contributed by atoms with Gasteiger partial charge in [0.1, 0.15) is 0 Å². The van der Waals surface area contributed by atoms with Crippen LogP contribution in [-0.4, -0.2) is 11.1 Å². The van der Waals surface area contributed by atoms with E-state index >= 15 is 0 Å². The number of carboxylic acids is 1. The predicted molar refractivity (Wildman–Crippen MR) is 89.5 cm³/mol. The number of hydrogen-bond donors (Lipinski definition) is 1. The molecule has 3 aliphatic carbocycles. The van der Waals surface area contributed by atoms with Gasteiger partial charge in [0.15, 0.2) is 0 Å². The Bertz CT molecular complexity index is 542. The van der Waals surface area contributed by atoms with Crippen LogP contribution < -0.4 is 0 Å². The third-order valence-corrected chi connectivity index (χ3v) is 7.04. The summed E-state index contributed by atoms with van der Waals surface area (Å²) >= 11 is 0. The molecule has 3 aliphatic rings. The van der Waals surface area contributed by atoms with Crippen LogP contribution >= 0.6 is 0 Å². The Labute approximate surface area is 134 Å². The molecule has 1 N–H and O–H groups in total. The van der Waals surface area contributed by atoms with Gasteiger partial charge in [-0.05, 0) is 67.8 Å². The molecule has 0 aromatic heterocycles. The third kappa shape index (κ3) is 2.18. The second-order valence-electron chi connectivity index (χ2n) is 8.54. The molecule has 2 saturated carbocycles. The Morgan fingerprint density at radius 2 is 2.05 bits per heavy atom. The highest BCUT2D eigenvalue weighted by Crippen LogP contribution is 2.62. The van der Waals surface area contributed by atoms with E-state index in [1.54, 1.807) is 5.57 Å². The number of fused-ring (bicyclic) bond motifs is 3. The SMILES string of the molecule is CC(C)C1=CCC2C(=C1)CCC1C(C)(C(=O)O)CCCC21C. The zero-order valence-corrected chi connectivity index (χ0v) is 14.5. The molecular weight excluding hydrogens is 272 g/mol. The van der Waals surface area contributed by atoms with Crippen LogP contribution in [-0.2, 0) is 4.79 Å². The van der Waals surface area contributed by atoms with E-state index in [4.69, 9.17) is 0 Å². The molecular formula is C20H30O2. The summed E-state index contributed by atoms with van der Waals surface area (Å²) in [7, 11) is 0. The predicted octanol–water partition coefficient (Wildman–Crippen LogP) is 5.21. The van der Waals surface area contributed by atoms with E-state index in [2.05, 4.69) is 32.9 Å². The van der Waals surface area contributed by atoms with Crippen molar-refractivity contribution >= 4 is 5.97 Å². The fourth-order valence-electron chi connectivity index (χ4n) is 5.67. The van der Waals surface area contributed by atoms with Crippen LogP contribution in [0.3, 0.4) is 0 Å². The first kappa shape index (κ1) is 15.8. The molecule has 0 aliphatic heterocycles. The van der Waals surface area contributed by atoms with E-state index in [1.807, 2.05) is 6.92 Å². The second kappa shape index (κ2) is 5.25. The van der Waals surface area contributed by atoms with Crippen LogP contribution in [0.1, 0.15) is 66.2 Å². The van der Waals surface area contributed by atoms with Crippen LogP contribution in [0.5, 0.6) is 0 Å². The standard InChI is InChI=1S/C20H30O2/c1-13(2)14-6-8-16-15(12-14)7-9-17-19(16,3)10-5-11-20(17,4)18(21)22/h6,12-13,16-17H,5,7-11H2,1-4H3,(H,21,22). The van der Waals surface area contributed by atoms with Gasteiger partial charge in [-0.1, -0.05) is 44.9 Å². The molecule has 22 heavy (non-hydrogen) atoms. The summed E-state index contributed by atoms with van der Waals surface area (Å²) < 4.78 is 0. The smallest absolute Gasteiger partial charge is 0.309 e. The largest absolute Gasteiger partial charge is 0.481 e. The highest BCUT2D eigenvalue weighted by atomic mass is 16.4. The average molecular weight is 302 g/mol. The lowest BCUT2D eigenvalue weighted by atomic mass is 9.46. The van der Waals surface area contributed by atoms with Gasteiger partial charge in [0, 0.05) is 0 Å². The number of carbonyl (C=O) groups is 1.